The zero-order valence-corrected chi connectivity index (χ0v) is 18.4. The van der Waals surface area contributed by atoms with Crippen LogP contribution in [0.3, 0.4) is 0 Å². The number of para-hydroxylation sites is 1. The lowest BCUT2D eigenvalue weighted by molar-refractivity contribution is -0.140. The Hall–Kier alpha value is -2.92. The number of amides is 1. The van der Waals surface area contributed by atoms with Gasteiger partial charge in [-0.15, -0.1) is 0 Å². The van der Waals surface area contributed by atoms with E-state index in [0.29, 0.717) is 27.2 Å². The van der Waals surface area contributed by atoms with Crippen molar-refractivity contribution in [3.05, 3.63) is 65.2 Å². The number of halogens is 1. The summed E-state index contributed by atoms with van der Waals surface area (Å²) in [5.74, 6) is -0.677. The zero-order chi connectivity index (χ0) is 22.0. The van der Waals surface area contributed by atoms with E-state index in [0.717, 1.165) is 24.8 Å². The molecule has 1 saturated heterocycles. The first-order chi connectivity index (χ1) is 14.9. The number of benzene rings is 2. The molecule has 6 heteroatoms. The van der Waals surface area contributed by atoms with Gasteiger partial charge in [0.25, 0.3) is 5.91 Å². The average Bonchev–Trinajstić information content (AvgIpc) is 2.77. The second kappa shape index (κ2) is 9.06. The van der Waals surface area contributed by atoms with Gasteiger partial charge in [0.05, 0.1) is 16.8 Å². The fraction of sp³-hybridized carbons (Fsp3) is 0.320. The zero-order valence-electron chi connectivity index (χ0n) is 17.7. The van der Waals surface area contributed by atoms with Crippen LogP contribution in [-0.4, -0.2) is 40.5 Å². The minimum atomic E-state index is -0.528. The van der Waals surface area contributed by atoms with Gasteiger partial charge in [-0.05, 0) is 57.4 Å². The molecule has 0 saturated carbocycles. The van der Waals surface area contributed by atoms with Crippen LogP contribution >= 0.6 is 11.6 Å². The third-order valence-electron chi connectivity index (χ3n) is 5.88. The lowest BCUT2D eigenvalue weighted by Gasteiger charge is -2.38. The van der Waals surface area contributed by atoms with E-state index in [-0.39, 0.29) is 24.6 Å². The molecule has 0 bridgehead atoms. The van der Waals surface area contributed by atoms with Gasteiger partial charge in [0, 0.05) is 28.1 Å². The van der Waals surface area contributed by atoms with Gasteiger partial charge in [0.15, 0.2) is 6.61 Å². The van der Waals surface area contributed by atoms with Gasteiger partial charge in [-0.2, -0.15) is 0 Å². The molecular weight excluding hydrogens is 412 g/mol. The number of likely N-dealkylation sites (tertiary alicyclic amines) is 1. The minimum absolute atomic E-state index is 0.149. The highest BCUT2D eigenvalue weighted by Crippen LogP contribution is 2.27. The predicted octanol–water partition coefficient (Wildman–Crippen LogP) is 5.50. The fourth-order valence-corrected chi connectivity index (χ4v) is 4.43. The van der Waals surface area contributed by atoms with Crippen LogP contribution in [0.25, 0.3) is 22.2 Å². The summed E-state index contributed by atoms with van der Waals surface area (Å²) in [5.41, 5.74) is 2.57. The molecule has 1 aromatic heterocycles. The Bertz CT molecular complexity index is 1100. The Morgan fingerprint density at radius 3 is 2.45 bits per heavy atom. The van der Waals surface area contributed by atoms with E-state index in [1.165, 1.54) is 0 Å². The van der Waals surface area contributed by atoms with Crippen LogP contribution < -0.4 is 0 Å². The quantitative estimate of drug-likeness (QED) is 0.506. The molecule has 5 nitrogen and oxygen atoms in total. The topological polar surface area (TPSA) is 59.5 Å². The molecule has 4 rings (SSSR count). The normalized spacial score (nSPS) is 18.7. The number of ether oxygens (including phenoxy) is 1. The number of aromatic nitrogens is 1. The van der Waals surface area contributed by atoms with Crippen LogP contribution in [0.1, 0.15) is 43.5 Å². The first kappa shape index (κ1) is 21.3. The third-order valence-corrected chi connectivity index (χ3v) is 6.14. The molecule has 3 aromatic rings. The number of esters is 1. The van der Waals surface area contributed by atoms with Gasteiger partial charge in [-0.1, -0.05) is 41.9 Å². The number of hydrogen-bond donors (Lipinski definition) is 0. The molecule has 160 valence electrons. The van der Waals surface area contributed by atoms with E-state index in [1.807, 2.05) is 55.1 Å². The fourth-order valence-electron chi connectivity index (χ4n) is 4.31. The predicted molar refractivity (Wildman–Crippen MR) is 122 cm³/mol. The number of rotatable bonds is 4. The molecule has 1 aliphatic rings. The molecule has 0 radical (unpaired) electrons. The highest BCUT2D eigenvalue weighted by molar-refractivity contribution is 6.30. The maximum absolute atomic E-state index is 13.0. The van der Waals surface area contributed by atoms with E-state index >= 15 is 0 Å². The molecule has 2 atom stereocenters. The van der Waals surface area contributed by atoms with Gasteiger partial charge >= 0.3 is 5.97 Å². The Kier molecular flexibility index (Phi) is 6.23. The molecule has 0 N–H and O–H groups in total. The molecule has 1 amide bonds. The molecular formula is C25H25ClN2O3. The van der Waals surface area contributed by atoms with E-state index in [9.17, 15) is 9.59 Å². The van der Waals surface area contributed by atoms with Crippen LogP contribution in [0.5, 0.6) is 0 Å². The summed E-state index contributed by atoms with van der Waals surface area (Å²) in [7, 11) is 0. The van der Waals surface area contributed by atoms with Crippen LogP contribution in [0.4, 0.5) is 0 Å². The minimum Gasteiger partial charge on any atom is -0.452 e. The first-order valence-electron chi connectivity index (χ1n) is 10.6. The second-order valence-corrected chi connectivity index (χ2v) is 8.52. The lowest BCUT2D eigenvalue weighted by atomic mass is 9.97. The number of carbonyl (C=O) groups is 2. The maximum atomic E-state index is 13.0. The Balaban J connectivity index is 1.59. The largest absolute Gasteiger partial charge is 0.452 e. The lowest BCUT2D eigenvalue weighted by Crippen LogP contribution is -2.49. The van der Waals surface area contributed by atoms with Crippen molar-refractivity contribution in [3.8, 4) is 11.3 Å². The summed E-state index contributed by atoms with van der Waals surface area (Å²) < 4.78 is 5.48. The van der Waals surface area contributed by atoms with Crippen LogP contribution in [0, 0.1) is 0 Å². The molecule has 1 aliphatic heterocycles. The molecule has 2 aromatic carbocycles. The Labute approximate surface area is 187 Å². The van der Waals surface area contributed by atoms with E-state index in [4.69, 9.17) is 16.3 Å². The van der Waals surface area contributed by atoms with Crippen molar-refractivity contribution in [1.82, 2.24) is 9.88 Å². The number of fused-ring (bicyclic) bond motifs is 1. The summed E-state index contributed by atoms with van der Waals surface area (Å²) in [6.45, 7) is 3.83. The summed E-state index contributed by atoms with van der Waals surface area (Å²) in [5, 5.41) is 1.32. The number of piperidine rings is 1. The van der Waals surface area contributed by atoms with E-state index in [1.54, 1.807) is 18.2 Å². The number of hydrogen-bond acceptors (Lipinski definition) is 4. The van der Waals surface area contributed by atoms with Crippen molar-refractivity contribution in [2.24, 2.45) is 0 Å². The van der Waals surface area contributed by atoms with Gasteiger partial charge in [-0.3, -0.25) is 4.79 Å². The van der Waals surface area contributed by atoms with Gasteiger partial charge in [-0.25, -0.2) is 9.78 Å². The van der Waals surface area contributed by atoms with E-state index in [2.05, 4.69) is 4.98 Å². The van der Waals surface area contributed by atoms with Crippen molar-refractivity contribution < 1.29 is 14.3 Å². The molecule has 0 aliphatic carbocycles. The smallest absolute Gasteiger partial charge is 0.339 e. The summed E-state index contributed by atoms with van der Waals surface area (Å²) in [6, 6.07) is 16.7. The summed E-state index contributed by atoms with van der Waals surface area (Å²) in [6.07, 6.45) is 3.06. The van der Waals surface area contributed by atoms with Crippen molar-refractivity contribution in [2.75, 3.05) is 6.61 Å². The average molecular weight is 437 g/mol. The van der Waals surface area contributed by atoms with Crippen molar-refractivity contribution >= 4 is 34.4 Å². The van der Waals surface area contributed by atoms with Crippen molar-refractivity contribution in [2.45, 2.75) is 45.2 Å². The van der Waals surface area contributed by atoms with Crippen LogP contribution in [-0.2, 0) is 9.53 Å². The maximum Gasteiger partial charge on any atom is 0.339 e. The molecule has 1 fully saturated rings. The van der Waals surface area contributed by atoms with Crippen molar-refractivity contribution in [3.63, 3.8) is 0 Å². The Morgan fingerprint density at radius 2 is 1.74 bits per heavy atom. The first-order valence-corrected chi connectivity index (χ1v) is 11.0. The molecule has 0 spiro atoms. The second-order valence-electron chi connectivity index (χ2n) is 8.09. The SMILES string of the molecule is CC1CCCC(C)N1C(=O)COC(=O)c1cc(-c2ccc(Cl)cc2)nc2ccccc12. The van der Waals surface area contributed by atoms with Crippen LogP contribution in [0.2, 0.25) is 5.02 Å². The third kappa shape index (κ3) is 4.57. The highest BCUT2D eigenvalue weighted by Gasteiger charge is 2.29. The molecule has 2 heterocycles. The van der Waals surface area contributed by atoms with Crippen molar-refractivity contribution in [1.29, 1.82) is 0 Å². The number of carbonyl (C=O) groups excluding carboxylic acids is 2. The monoisotopic (exact) mass is 436 g/mol. The Morgan fingerprint density at radius 1 is 1.06 bits per heavy atom. The summed E-state index contributed by atoms with van der Waals surface area (Å²) >= 11 is 6.00. The summed E-state index contributed by atoms with van der Waals surface area (Å²) in [4.78, 5) is 32.3. The van der Waals surface area contributed by atoms with E-state index < -0.39 is 5.97 Å². The molecule has 31 heavy (non-hydrogen) atoms. The molecule has 2 unspecified atom stereocenters. The van der Waals surface area contributed by atoms with Crippen LogP contribution in [0.15, 0.2) is 54.6 Å². The standard InChI is InChI=1S/C25H25ClN2O3/c1-16-6-5-7-17(2)28(16)24(29)15-31-25(30)21-14-23(18-10-12-19(26)13-11-18)27-22-9-4-3-8-20(21)22/h3-4,8-14,16-17H,5-7,15H2,1-2H3. The van der Waals surface area contributed by atoms with Gasteiger partial charge < -0.3 is 9.64 Å². The van der Waals surface area contributed by atoms with Gasteiger partial charge in [0.1, 0.15) is 0 Å². The number of nitrogens with zero attached hydrogens (tertiary/aromatic N) is 2. The highest BCUT2D eigenvalue weighted by atomic mass is 35.5. The van der Waals surface area contributed by atoms with Gasteiger partial charge in [0.2, 0.25) is 0 Å². The number of pyridine rings is 1.